The van der Waals surface area contributed by atoms with Crippen LogP contribution in [0, 0.1) is 28.9 Å². The third kappa shape index (κ3) is 9.29. The van der Waals surface area contributed by atoms with Crippen molar-refractivity contribution in [2.45, 2.75) is 57.5 Å². The number of nitrogens with one attached hydrogen (secondary N) is 1. The van der Waals surface area contributed by atoms with Gasteiger partial charge in [-0.3, -0.25) is 18.8 Å². The van der Waals surface area contributed by atoms with Crippen LogP contribution in [0.5, 0.6) is 0 Å². The van der Waals surface area contributed by atoms with Crippen LogP contribution in [0.15, 0.2) is 103 Å². The van der Waals surface area contributed by atoms with Crippen LogP contribution < -0.4 is 5.32 Å². The van der Waals surface area contributed by atoms with Crippen molar-refractivity contribution in [1.82, 2.24) is 48.7 Å². The fraction of sp³-hybridized carbons (Fsp3) is 0.304. The first kappa shape index (κ1) is 41.7. The van der Waals surface area contributed by atoms with E-state index in [-0.39, 0.29) is 28.8 Å². The van der Waals surface area contributed by atoms with Crippen molar-refractivity contribution >= 4 is 27.1 Å². The molecule has 0 saturated heterocycles. The van der Waals surface area contributed by atoms with Gasteiger partial charge in [-0.1, -0.05) is 13.8 Å². The van der Waals surface area contributed by atoms with Crippen molar-refractivity contribution in [3.05, 3.63) is 121 Å². The molecular formula is C46H45F2N11O3S. The molecule has 0 aliphatic heterocycles. The number of aromatic nitrogens is 10. The van der Waals surface area contributed by atoms with Crippen LogP contribution >= 0.6 is 0 Å². The van der Waals surface area contributed by atoms with E-state index in [1.54, 1.807) is 55.1 Å². The van der Waals surface area contributed by atoms with E-state index in [1.165, 1.54) is 56.1 Å². The lowest BCUT2D eigenvalue weighted by atomic mass is 9.95. The Hall–Kier alpha value is -6.59. The van der Waals surface area contributed by atoms with Crippen LogP contribution in [0.25, 0.3) is 56.6 Å². The van der Waals surface area contributed by atoms with E-state index in [9.17, 15) is 22.3 Å². The smallest absolute Gasteiger partial charge is 0.247 e. The summed E-state index contributed by atoms with van der Waals surface area (Å²) in [7, 11) is -3.58. The molecule has 0 radical (unpaired) electrons. The van der Waals surface area contributed by atoms with E-state index in [0.29, 0.717) is 58.3 Å². The zero-order chi connectivity index (χ0) is 43.9. The van der Waals surface area contributed by atoms with Crippen molar-refractivity contribution in [3.8, 4) is 45.3 Å². The van der Waals surface area contributed by atoms with Crippen LogP contribution in [0.2, 0.25) is 0 Å². The lowest BCUT2D eigenvalue weighted by Crippen LogP contribution is -2.27. The number of rotatable bonds is 13. The Balaban J connectivity index is 0.000000161. The highest BCUT2D eigenvalue weighted by molar-refractivity contribution is 7.90. The molecule has 0 spiro atoms. The number of imidazole rings is 2. The average Bonchev–Trinajstić information content (AvgIpc) is 4.21. The maximum atomic E-state index is 13.6. The van der Waals surface area contributed by atoms with Crippen LogP contribution in [0.3, 0.4) is 0 Å². The maximum Gasteiger partial charge on any atom is 0.247 e. The first-order chi connectivity index (χ1) is 30.3. The van der Waals surface area contributed by atoms with Crippen LogP contribution in [-0.2, 0) is 22.7 Å². The molecule has 2 aromatic carbocycles. The SMILES string of the molecule is CC(C)(CO)CNc1nccc(-c2c(-c3ccc(F)cc3)nc3c(CC4CC4)nccn23)n1.CS(=O)(=O)c1nccc(-c2c(-c3ccc(F)cc3)nc3c(CC4CC4)nccn23)n1. The van der Waals surface area contributed by atoms with Gasteiger partial charge in [0.05, 0.1) is 45.6 Å². The van der Waals surface area contributed by atoms with Gasteiger partial charge in [-0.25, -0.2) is 47.1 Å². The molecule has 322 valence electrons. The Kier molecular flexibility index (Phi) is 11.2. The van der Waals surface area contributed by atoms with Crippen molar-refractivity contribution in [3.63, 3.8) is 0 Å². The molecule has 2 aliphatic rings. The van der Waals surface area contributed by atoms with Crippen LogP contribution in [0.1, 0.15) is 50.9 Å². The number of nitrogens with zero attached hydrogens (tertiary/aromatic N) is 10. The minimum absolute atomic E-state index is 0.0540. The van der Waals surface area contributed by atoms with Crippen molar-refractivity contribution in [2.75, 3.05) is 24.7 Å². The van der Waals surface area contributed by atoms with E-state index >= 15 is 0 Å². The Morgan fingerprint density at radius 1 is 0.667 bits per heavy atom. The minimum atomic E-state index is -3.58. The zero-order valence-electron chi connectivity index (χ0n) is 34.9. The molecular weight excluding hydrogens is 825 g/mol. The van der Waals surface area contributed by atoms with Crippen molar-refractivity contribution < 1.29 is 22.3 Å². The predicted molar refractivity (Wildman–Crippen MR) is 234 cm³/mol. The summed E-state index contributed by atoms with van der Waals surface area (Å²) in [5.41, 5.74) is 8.39. The molecule has 0 atom stereocenters. The molecule has 17 heteroatoms. The Morgan fingerprint density at radius 2 is 1.14 bits per heavy atom. The van der Waals surface area contributed by atoms with Crippen LogP contribution in [-0.4, -0.2) is 81.6 Å². The topological polar surface area (TPSA) is 178 Å². The van der Waals surface area contributed by atoms with Gasteiger partial charge in [-0.2, -0.15) is 0 Å². The largest absolute Gasteiger partial charge is 0.396 e. The molecule has 0 unspecified atom stereocenters. The number of anilines is 1. The highest BCUT2D eigenvalue weighted by Gasteiger charge is 2.28. The Bertz CT molecular complexity index is 3060. The third-order valence-corrected chi connectivity index (χ3v) is 11.9. The summed E-state index contributed by atoms with van der Waals surface area (Å²) in [6.07, 6.45) is 17.9. The third-order valence-electron chi connectivity index (χ3n) is 11.1. The number of aliphatic hydroxyl groups excluding tert-OH is 1. The molecule has 0 amide bonds. The van der Waals surface area contributed by atoms with E-state index in [2.05, 4.69) is 30.2 Å². The van der Waals surface area contributed by atoms with Crippen molar-refractivity contribution in [1.29, 1.82) is 0 Å². The second-order valence-corrected chi connectivity index (χ2v) is 18.9. The molecule has 6 heterocycles. The first-order valence-corrected chi connectivity index (χ1v) is 22.7. The molecule has 0 bridgehead atoms. The van der Waals surface area contributed by atoms with Gasteiger partial charge in [0.25, 0.3) is 0 Å². The average molecular weight is 870 g/mol. The molecule has 2 N–H and O–H groups in total. The summed E-state index contributed by atoms with van der Waals surface area (Å²) in [6.45, 7) is 4.52. The highest BCUT2D eigenvalue weighted by Crippen LogP contribution is 2.38. The quantitative estimate of drug-likeness (QED) is 0.108. The highest BCUT2D eigenvalue weighted by atomic mass is 32.2. The summed E-state index contributed by atoms with van der Waals surface area (Å²) in [5, 5.41) is 12.5. The molecule has 2 saturated carbocycles. The Labute approximate surface area is 362 Å². The number of hydrogen-bond acceptors (Lipinski definition) is 12. The normalized spacial score (nSPS) is 14.2. The van der Waals surface area contributed by atoms with Gasteiger partial charge in [0, 0.05) is 73.1 Å². The zero-order valence-corrected chi connectivity index (χ0v) is 35.8. The minimum Gasteiger partial charge on any atom is -0.396 e. The molecule has 2 fully saturated rings. The molecule has 10 rings (SSSR count). The molecule has 14 nitrogen and oxygen atoms in total. The van der Waals surface area contributed by atoms with Gasteiger partial charge >= 0.3 is 0 Å². The number of benzene rings is 2. The van der Waals surface area contributed by atoms with Crippen molar-refractivity contribution in [2.24, 2.45) is 17.3 Å². The van der Waals surface area contributed by atoms with Gasteiger partial charge in [-0.05, 0) is 111 Å². The molecule has 63 heavy (non-hydrogen) atoms. The number of hydrogen-bond donors (Lipinski definition) is 2. The van der Waals surface area contributed by atoms with E-state index in [1.807, 2.05) is 34.9 Å². The summed E-state index contributed by atoms with van der Waals surface area (Å²) < 4.78 is 55.0. The number of fused-ring (bicyclic) bond motifs is 2. The first-order valence-electron chi connectivity index (χ1n) is 20.8. The Morgan fingerprint density at radius 3 is 1.60 bits per heavy atom. The number of halogens is 2. The fourth-order valence-electron chi connectivity index (χ4n) is 7.25. The summed E-state index contributed by atoms with van der Waals surface area (Å²) in [5.74, 6) is 1.12. The monoisotopic (exact) mass is 869 g/mol. The number of aliphatic hydroxyl groups is 1. The second kappa shape index (κ2) is 16.9. The fourth-order valence-corrected chi connectivity index (χ4v) is 7.76. The van der Waals surface area contributed by atoms with Gasteiger partial charge in [-0.15, -0.1) is 0 Å². The van der Waals surface area contributed by atoms with E-state index in [0.717, 1.165) is 53.1 Å². The van der Waals surface area contributed by atoms with Gasteiger partial charge < -0.3 is 10.4 Å². The molecule has 8 aromatic rings. The summed E-state index contributed by atoms with van der Waals surface area (Å²) in [4.78, 5) is 36.2. The lowest BCUT2D eigenvalue weighted by Gasteiger charge is -2.21. The lowest BCUT2D eigenvalue weighted by molar-refractivity contribution is 0.170. The van der Waals surface area contributed by atoms with Gasteiger partial charge in [0.2, 0.25) is 20.9 Å². The predicted octanol–water partition coefficient (Wildman–Crippen LogP) is 7.72. The summed E-state index contributed by atoms with van der Waals surface area (Å²) >= 11 is 0. The van der Waals surface area contributed by atoms with Gasteiger partial charge in [0.15, 0.2) is 11.3 Å². The molecule has 2 aliphatic carbocycles. The van der Waals surface area contributed by atoms with E-state index < -0.39 is 9.84 Å². The second-order valence-electron chi connectivity index (χ2n) is 17.0. The maximum absolute atomic E-state index is 13.6. The van der Waals surface area contributed by atoms with E-state index in [4.69, 9.17) is 15.0 Å². The van der Waals surface area contributed by atoms with Crippen LogP contribution in [0.4, 0.5) is 14.7 Å². The number of sulfone groups is 1. The molecule has 6 aromatic heterocycles. The van der Waals surface area contributed by atoms with Gasteiger partial charge in [0.1, 0.15) is 11.6 Å². The summed E-state index contributed by atoms with van der Waals surface area (Å²) in [6, 6.07) is 15.9. The standard InChI is InChI=1S/C25H27FN6O.C21H18FN5O2S/c1-25(2,15-33)14-29-24-28-10-9-19(30-24)22-21(17-5-7-18(26)8-6-17)31-23-20(13-16-3-4-16)27-11-12-32(22)23;1-30(28,29)21-24-9-8-16(25-21)19-18(14-4-6-15(22)7-5-14)26-20-17(12-13-2-3-13)23-10-11-27(19)20/h5-12,16,33H,3-4,13-15H2,1-2H3,(H,28,29,30);4-11,13H,2-3,12H2,1H3.